The molecule has 1 fully saturated rings. The number of benzene rings is 1. The Morgan fingerprint density at radius 3 is 3.11 bits per heavy atom. The summed E-state index contributed by atoms with van der Waals surface area (Å²) in [5, 5.41) is 1.30. The maximum absolute atomic E-state index is 5.66. The first-order valence-corrected chi connectivity index (χ1v) is 7.49. The molecule has 1 aliphatic rings. The Kier molecular flexibility index (Phi) is 3.71. The van der Waals surface area contributed by atoms with Gasteiger partial charge in [0.25, 0.3) is 0 Å². The van der Waals surface area contributed by atoms with E-state index in [1.807, 2.05) is 0 Å². The van der Waals surface area contributed by atoms with Crippen LogP contribution in [0.4, 0.5) is 0 Å². The molecule has 2 nitrogen and oxygen atoms in total. The van der Waals surface area contributed by atoms with Gasteiger partial charge in [-0.15, -0.1) is 0 Å². The number of ether oxygens (including phenoxy) is 1. The maximum atomic E-state index is 5.66. The normalized spacial score (nSPS) is 19.7. The first kappa shape index (κ1) is 12.2. The van der Waals surface area contributed by atoms with Crippen molar-refractivity contribution in [3.8, 4) is 0 Å². The van der Waals surface area contributed by atoms with Crippen LogP contribution in [0.5, 0.6) is 0 Å². The summed E-state index contributed by atoms with van der Waals surface area (Å²) < 4.78 is 9.18. The first-order valence-electron chi connectivity index (χ1n) is 6.69. The zero-order valence-corrected chi connectivity index (χ0v) is 12.0. The van der Waals surface area contributed by atoms with E-state index < -0.39 is 0 Å². The van der Waals surface area contributed by atoms with Crippen LogP contribution in [0, 0.1) is 0 Å². The fourth-order valence-corrected chi connectivity index (χ4v) is 3.23. The lowest BCUT2D eigenvalue weighted by Crippen LogP contribution is -2.06. The summed E-state index contributed by atoms with van der Waals surface area (Å²) in [4.78, 5) is 0. The Morgan fingerprint density at radius 1 is 1.33 bits per heavy atom. The molecule has 0 spiro atoms. The molecule has 96 valence electrons. The summed E-state index contributed by atoms with van der Waals surface area (Å²) in [5.74, 6) is 0. The molecule has 2 heterocycles. The Bertz CT molecular complexity index is 528. The van der Waals surface area contributed by atoms with E-state index in [2.05, 4.69) is 51.0 Å². The van der Waals surface area contributed by atoms with Crippen molar-refractivity contribution in [1.29, 1.82) is 0 Å². The minimum Gasteiger partial charge on any atom is -0.378 e. The summed E-state index contributed by atoms with van der Waals surface area (Å²) in [6.45, 7) is 2.05. The van der Waals surface area contributed by atoms with Crippen LogP contribution < -0.4 is 0 Å². The van der Waals surface area contributed by atoms with Crippen LogP contribution in [0.25, 0.3) is 10.9 Å². The highest BCUT2D eigenvalue weighted by molar-refractivity contribution is 9.10. The zero-order valence-electron chi connectivity index (χ0n) is 10.4. The second kappa shape index (κ2) is 5.45. The van der Waals surface area contributed by atoms with Crippen molar-refractivity contribution < 1.29 is 4.74 Å². The molecule has 1 saturated heterocycles. The van der Waals surface area contributed by atoms with Gasteiger partial charge in [0.05, 0.1) is 6.10 Å². The standard InChI is InChI=1S/C15H18BrNO/c16-14-6-1-7-15-13(14)8-10-17(15)9-2-4-12-5-3-11-18-12/h1,6-8,10,12H,2-5,9,11H2. The summed E-state index contributed by atoms with van der Waals surface area (Å²) in [7, 11) is 0. The van der Waals surface area contributed by atoms with Crippen LogP contribution in [0.1, 0.15) is 25.7 Å². The molecule has 18 heavy (non-hydrogen) atoms. The van der Waals surface area contributed by atoms with Crippen LogP contribution in [0.15, 0.2) is 34.9 Å². The second-order valence-electron chi connectivity index (χ2n) is 4.96. The Morgan fingerprint density at radius 2 is 2.28 bits per heavy atom. The minimum absolute atomic E-state index is 0.513. The van der Waals surface area contributed by atoms with Gasteiger partial charge in [0.15, 0.2) is 0 Å². The largest absolute Gasteiger partial charge is 0.378 e. The molecule has 1 aromatic carbocycles. The fourth-order valence-electron chi connectivity index (χ4n) is 2.74. The van der Waals surface area contributed by atoms with Crippen molar-refractivity contribution in [3.63, 3.8) is 0 Å². The van der Waals surface area contributed by atoms with E-state index in [9.17, 15) is 0 Å². The lowest BCUT2D eigenvalue weighted by atomic mass is 10.1. The molecule has 0 aliphatic carbocycles. The van der Waals surface area contributed by atoms with Gasteiger partial charge in [-0.1, -0.05) is 22.0 Å². The number of rotatable bonds is 4. The van der Waals surface area contributed by atoms with E-state index in [0.29, 0.717) is 6.10 Å². The monoisotopic (exact) mass is 307 g/mol. The Hall–Kier alpha value is -0.800. The van der Waals surface area contributed by atoms with Gasteiger partial charge >= 0.3 is 0 Å². The molecule has 2 aromatic rings. The van der Waals surface area contributed by atoms with Gasteiger partial charge in [-0.25, -0.2) is 0 Å². The number of nitrogens with zero attached hydrogens (tertiary/aromatic N) is 1. The molecule has 3 rings (SSSR count). The van der Waals surface area contributed by atoms with Gasteiger partial charge < -0.3 is 9.30 Å². The summed E-state index contributed by atoms with van der Waals surface area (Å²) in [6, 6.07) is 8.57. The quantitative estimate of drug-likeness (QED) is 0.818. The minimum atomic E-state index is 0.513. The molecular weight excluding hydrogens is 290 g/mol. The second-order valence-corrected chi connectivity index (χ2v) is 5.81. The lowest BCUT2D eigenvalue weighted by molar-refractivity contribution is 0.101. The number of fused-ring (bicyclic) bond motifs is 1. The number of aromatic nitrogens is 1. The smallest absolute Gasteiger partial charge is 0.0576 e. The van der Waals surface area contributed by atoms with Crippen molar-refractivity contribution in [2.24, 2.45) is 0 Å². The van der Waals surface area contributed by atoms with Gasteiger partial charge in [0.2, 0.25) is 0 Å². The third-order valence-electron chi connectivity index (χ3n) is 3.71. The van der Waals surface area contributed by atoms with Gasteiger partial charge in [0.1, 0.15) is 0 Å². The average Bonchev–Trinajstić information content (AvgIpc) is 3.00. The topological polar surface area (TPSA) is 14.2 Å². The van der Waals surface area contributed by atoms with Crippen molar-refractivity contribution >= 4 is 26.8 Å². The zero-order chi connectivity index (χ0) is 12.4. The van der Waals surface area contributed by atoms with E-state index >= 15 is 0 Å². The molecule has 0 bridgehead atoms. The number of aryl methyl sites for hydroxylation is 1. The summed E-state index contributed by atoms with van der Waals surface area (Å²) in [5.41, 5.74) is 1.32. The molecule has 0 N–H and O–H groups in total. The third-order valence-corrected chi connectivity index (χ3v) is 4.40. The number of halogens is 1. The molecule has 0 saturated carbocycles. The third kappa shape index (κ3) is 2.47. The fraction of sp³-hybridized carbons (Fsp3) is 0.467. The van der Waals surface area contributed by atoms with E-state index in [4.69, 9.17) is 4.74 Å². The van der Waals surface area contributed by atoms with Crippen LogP contribution >= 0.6 is 15.9 Å². The van der Waals surface area contributed by atoms with Crippen LogP contribution in [-0.2, 0) is 11.3 Å². The molecule has 1 atom stereocenters. The van der Waals surface area contributed by atoms with Gasteiger partial charge in [-0.3, -0.25) is 0 Å². The van der Waals surface area contributed by atoms with E-state index in [0.717, 1.165) is 13.2 Å². The molecular formula is C15H18BrNO. The van der Waals surface area contributed by atoms with Gasteiger partial charge in [-0.2, -0.15) is 0 Å². The predicted molar refractivity (Wildman–Crippen MR) is 77.8 cm³/mol. The highest BCUT2D eigenvalue weighted by Gasteiger charge is 2.14. The van der Waals surface area contributed by atoms with Crippen LogP contribution in [-0.4, -0.2) is 17.3 Å². The molecule has 1 aromatic heterocycles. The lowest BCUT2D eigenvalue weighted by Gasteiger charge is -2.10. The van der Waals surface area contributed by atoms with Crippen LogP contribution in [0.3, 0.4) is 0 Å². The van der Waals surface area contributed by atoms with Gasteiger partial charge in [0, 0.05) is 34.7 Å². The van der Waals surface area contributed by atoms with E-state index in [1.165, 1.54) is 41.1 Å². The van der Waals surface area contributed by atoms with Crippen molar-refractivity contribution in [1.82, 2.24) is 4.57 Å². The van der Waals surface area contributed by atoms with E-state index in [-0.39, 0.29) is 0 Å². The Labute approximate surface area is 116 Å². The van der Waals surface area contributed by atoms with Crippen molar-refractivity contribution in [2.45, 2.75) is 38.3 Å². The number of hydrogen-bond donors (Lipinski definition) is 0. The molecule has 3 heteroatoms. The van der Waals surface area contributed by atoms with Gasteiger partial charge in [-0.05, 0) is 43.9 Å². The molecule has 1 unspecified atom stereocenters. The average molecular weight is 308 g/mol. The van der Waals surface area contributed by atoms with E-state index in [1.54, 1.807) is 0 Å². The van der Waals surface area contributed by atoms with Crippen molar-refractivity contribution in [3.05, 3.63) is 34.9 Å². The predicted octanol–water partition coefficient (Wildman–Crippen LogP) is 4.36. The maximum Gasteiger partial charge on any atom is 0.0576 e. The molecule has 0 amide bonds. The SMILES string of the molecule is Brc1cccc2c1ccn2CCCC1CCCO1. The first-order chi connectivity index (χ1) is 8.84. The highest BCUT2D eigenvalue weighted by atomic mass is 79.9. The summed E-state index contributed by atoms with van der Waals surface area (Å²) in [6.07, 6.45) is 7.57. The highest BCUT2D eigenvalue weighted by Crippen LogP contribution is 2.25. The molecule has 0 radical (unpaired) electrons. The number of hydrogen-bond acceptors (Lipinski definition) is 1. The van der Waals surface area contributed by atoms with Crippen LogP contribution in [0.2, 0.25) is 0 Å². The van der Waals surface area contributed by atoms with Crippen molar-refractivity contribution in [2.75, 3.05) is 6.61 Å². The molecule has 1 aliphatic heterocycles. The Balaban J connectivity index is 1.65. The summed E-state index contributed by atoms with van der Waals surface area (Å²) >= 11 is 3.60.